The monoisotopic (exact) mass is 417 g/mol. The van der Waals surface area contributed by atoms with Gasteiger partial charge in [0.05, 0.1) is 31.1 Å². The van der Waals surface area contributed by atoms with Gasteiger partial charge < -0.3 is 4.74 Å². The molecule has 2 heterocycles. The van der Waals surface area contributed by atoms with Gasteiger partial charge in [-0.3, -0.25) is 9.58 Å². The van der Waals surface area contributed by atoms with Crippen LogP contribution in [0.25, 0.3) is 0 Å². The molecule has 1 fully saturated rings. The molecule has 164 valence electrons. The highest BCUT2D eigenvalue weighted by molar-refractivity contribution is 5.32. The summed E-state index contributed by atoms with van der Waals surface area (Å²) in [5.74, 6) is 1.47. The largest absolute Gasteiger partial charge is 0.493 e. The van der Waals surface area contributed by atoms with Crippen molar-refractivity contribution in [2.75, 3.05) is 20.2 Å². The van der Waals surface area contributed by atoms with Gasteiger partial charge in [-0.05, 0) is 61.2 Å². The number of aromatic nitrogens is 2. The third kappa shape index (κ3) is 5.56. The van der Waals surface area contributed by atoms with Gasteiger partial charge in [0, 0.05) is 6.42 Å². The van der Waals surface area contributed by atoms with Crippen LogP contribution in [0.3, 0.4) is 0 Å². The summed E-state index contributed by atoms with van der Waals surface area (Å²) in [5.41, 5.74) is 5.33. The molecule has 0 saturated carbocycles. The van der Waals surface area contributed by atoms with Gasteiger partial charge in [0.1, 0.15) is 5.75 Å². The average Bonchev–Trinajstić information content (AvgIpc) is 3.16. The fraction of sp³-hybridized carbons (Fsp3) is 0.444. The number of ether oxygens (including phenoxy) is 1. The minimum absolute atomic E-state index is 0.434. The normalized spacial score (nSPS) is 17.2. The summed E-state index contributed by atoms with van der Waals surface area (Å²) in [6.07, 6.45) is 6.79. The van der Waals surface area contributed by atoms with Gasteiger partial charge in [-0.1, -0.05) is 62.7 Å². The molecule has 0 spiro atoms. The Morgan fingerprint density at radius 3 is 2.48 bits per heavy atom. The van der Waals surface area contributed by atoms with Crippen LogP contribution in [0.1, 0.15) is 61.5 Å². The molecular formula is C27H35N3O. The Bertz CT molecular complexity index is 946. The summed E-state index contributed by atoms with van der Waals surface area (Å²) in [6.45, 7) is 7.03. The Morgan fingerprint density at radius 1 is 1.00 bits per heavy atom. The molecule has 2 aromatic carbocycles. The quantitative estimate of drug-likeness (QED) is 0.470. The predicted molar refractivity (Wildman–Crippen MR) is 127 cm³/mol. The molecular weight excluding hydrogens is 382 g/mol. The molecule has 1 atom stereocenters. The molecule has 4 heteroatoms. The van der Waals surface area contributed by atoms with E-state index in [4.69, 9.17) is 9.84 Å². The molecule has 0 bridgehead atoms. The van der Waals surface area contributed by atoms with Crippen molar-refractivity contribution in [1.82, 2.24) is 14.7 Å². The first-order chi connectivity index (χ1) is 15.1. The van der Waals surface area contributed by atoms with Crippen molar-refractivity contribution in [2.24, 2.45) is 5.92 Å². The first kappa shape index (κ1) is 21.6. The lowest BCUT2D eigenvalue weighted by atomic mass is 9.95. The van der Waals surface area contributed by atoms with E-state index >= 15 is 0 Å². The van der Waals surface area contributed by atoms with E-state index in [0.29, 0.717) is 12.0 Å². The lowest BCUT2D eigenvalue weighted by Gasteiger charge is -2.33. The molecule has 0 N–H and O–H groups in total. The minimum Gasteiger partial charge on any atom is -0.493 e. The van der Waals surface area contributed by atoms with Crippen LogP contribution >= 0.6 is 0 Å². The average molecular weight is 418 g/mol. The van der Waals surface area contributed by atoms with Gasteiger partial charge in [-0.25, -0.2) is 0 Å². The Hall–Kier alpha value is -2.59. The summed E-state index contributed by atoms with van der Waals surface area (Å²) >= 11 is 0. The number of hydrogen-bond acceptors (Lipinski definition) is 3. The first-order valence-corrected chi connectivity index (χ1v) is 11.6. The Labute approximate surface area is 186 Å². The zero-order valence-corrected chi connectivity index (χ0v) is 19.1. The van der Waals surface area contributed by atoms with Gasteiger partial charge in [0.2, 0.25) is 0 Å². The second-order valence-corrected chi connectivity index (χ2v) is 9.22. The molecule has 1 unspecified atom stereocenters. The predicted octanol–water partition coefficient (Wildman–Crippen LogP) is 5.71. The van der Waals surface area contributed by atoms with Crippen molar-refractivity contribution in [3.8, 4) is 5.75 Å². The highest BCUT2D eigenvalue weighted by atomic mass is 16.5. The van der Waals surface area contributed by atoms with Crippen LogP contribution in [0.2, 0.25) is 0 Å². The lowest BCUT2D eigenvalue weighted by molar-refractivity contribution is 0.178. The molecule has 0 aliphatic carbocycles. The zero-order chi connectivity index (χ0) is 21.6. The van der Waals surface area contributed by atoms with Crippen LogP contribution in [0, 0.1) is 5.92 Å². The second kappa shape index (κ2) is 10.1. The molecule has 31 heavy (non-hydrogen) atoms. The second-order valence-electron chi connectivity index (χ2n) is 9.22. The van der Waals surface area contributed by atoms with Crippen molar-refractivity contribution < 1.29 is 4.74 Å². The molecule has 1 saturated heterocycles. The van der Waals surface area contributed by atoms with Gasteiger partial charge in [-0.2, -0.15) is 5.10 Å². The van der Waals surface area contributed by atoms with Gasteiger partial charge in [-0.15, -0.1) is 0 Å². The Morgan fingerprint density at radius 2 is 1.77 bits per heavy atom. The van der Waals surface area contributed by atoms with Crippen LogP contribution in [0.4, 0.5) is 0 Å². The van der Waals surface area contributed by atoms with Crippen LogP contribution in [0.15, 0.2) is 60.8 Å². The van der Waals surface area contributed by atoms with E-state index in [1.165, 1.54) is 41.6 Å². The molecule has 3 aromatic rings. The van der Waals surface area contributed by atoms with E-state index in [0.717, 1.165) is 31.9 Å². The molecule has 1 aliphatic heterocycles. The van der Waals surface area contributed by atoms with Crippen LogP contribution < -0.4 is 4.74 Å². The van der Waals surface area contributed by atoms with E-state index in [-0.39, 0.29) is 0 Å². The van der Waals surface area contributed by atoms with Gasteiger partial charge in [0.15, 0.2) is 0 Å². The molecule has 4 nitrogen and oxygen atoms in total. The number of hydrogen-bond donors (Lipinski definition) is 0. The maximum Gasteiger partial charge on any atom is 0.119 e. The Balaban J connectivity index is 1.58. The summed E-state index contributed by atoms with van der Waals surface area (Å²) in [5, 5.41) is 4.86. The van der Waals surface area contributed by atoms with E-state index in [2.05, 4.69) is 91.3 Å². The maximum atomic E-state index is 5.85. The van der Waals surface area contributed by atoms with E-state index < -0.39 is 0 Å². The number of rotatable bonds is 8. The third-order valence-electron chi connectivity index (χ3n) is 6.12. The van der Waals surface area contributed by atoms with Crippen molar-refractivity contribution in [3.63, 3.8) is 0 Å². The van der Waals surface area contributed by atoms with E-state index in [1.54, 1.807) is 0 Å². The summed E-state index contributed by atoms with van der Waals surface area (Å²) in [7, 11) is 2.26. The summed E-state index contributed by atoms with van der Waals surface area (Å²) in [4.78, 5) is 2.51. The third-order valence-corrected chi connectivity index (χ3v) is 6.12. The van der Waals surface area contributed by atoms with Crippen LogP contribution in [-0.4, -0.2) is 34.9 Å². The summed E-state index contributed by atoms with van der Waals surface area (Å²) < 4.78 is 8.08. The van der Waals surface area contributed by atoms with Crippen molar-refractivity contribution >= 4 is 0 Å². The minimum atomic E-state index is 0.434. The molecule has 0 radical (unpaired) electrons. The number of likely N-dealkylation sites (tertiary alicyclic amines) is 1. The summed E-state index contributed by atoms with van der Waals surface area (Å²) in [6, 6.07) is 19.7. The first-order valence-electron chi connectivity index (χ1n) is 11.6. The highest BCUT2D eigenvalue weighted by Crippen LogP contribution is 2.33. The molecule has 1 aliphatic rings. The highest BCUT2D eigenvalue weighted by Gasteiger charge is 2.27. The standard InChI is InChI=1S/C27H35N3O/c1-21(2)20-31-25-14-12-23(13-15-25)19-30-27(26-11-7-8-16-29(26)3)24(18-28-30)17-22-9-5-4-6-10-22/h4-6,9-10,12-15,18,21,26H,7-8,11,16-17,19-20H2,1-3H3. The number of piperidine rings is 1. The van der Waals surface area contributed by atoms with Crippen molar-refractivity contribution in [2.45, 2.75) is 52.1 Å². The molecule has 0 amide bonds. The van der Waals surface area contributed by atoms with E-state index in [9.17, 15) is 0 Å². The van der Waals surface area contributed by atoms with Gasteiger partial charge in [0.25, 0.3) is 0 Å². The van der Waals surface area contributed by atoms with Crippen LogP contribution in [-0.2, 0) is 13.0 Å². The van der Waals surface area contributed by atoms with Crippen molar-refractivity contribution in [3.05, 3.63) is 83.2 Å². The zero-order valence-electron chi connectivity index (χ0n) is 19.1. The molecule has 4 rings (SSSR count). The Kier molecular flexibility index (Phi) is 7.08. The fourth-order valence-corrected chi connectivity index (χ4v) is 4.44. The van der Waals surface area contributed by atoms with Gasteiger partial charge >= 0.3 is 0 Å². The van der Waals surface area contributed by atoms with E-state index in [1.807, 2.05) is 0 Å². The number of benzene rings is 2. The SMILES string of the molecule is CC(C)COc1ccc(Cn2ncc(Cc3ccccc3)c2C2CCCCN2C)cc1. The maximum absolute atomic E-state index is 5.85. The smallest absolute Gasteiger partial charge is 0.119 e. The van der Waals surface area contributed by atoms with Crippen LogP contribution in [0.5, 0.6) is 5.75 Å². The number of nitrogens with zero attached hydrogens (tertiary/aromatic N) is 3. The molecule has 1 aromatic heterocycles. The van der Waals surface area contributed by atoms with Crippen molar-refractivity contribution in [1.29, 1.82) is 0 Å². The fourth-order valence-electron chi connectivity index (χ4n) is 4.44. The lowest BCUT2D eigenvalue weighted by Crippen LogP contribution is -2.32. The topological polar surface area (TPSA) is 30.3 Å².